The molecule has 2 aromatic rings. The number of nitrogens with zero attached hydrogens (tertiary/aromatic N) is 1. The van der Waals surface area contributed by atoms with Gasteiger partial charge in [-0.15, -0.1) is 22.7 Å². The van der Waals surface area contributed by atoms with E-state index in [0.717, 1.165) is 10.8 Å². The zero-order chi connectivity index (χ0) is 14.7. The molecule has 6 heteroatoms. The molecule has 0 amide bonds. The predicted octanol–water partition coefficient (Wildman–Crippen LogP) is 3.71. The molecule has 4 nitrogen and oxygen atoms in total. The second-order valence-electron chi connectivity index (χ2n) is 4.63. The number of aromatic nitrogens is 1. The number of carbonyl (C=O) groups is 1. The van der Waals surface area contributed by atoms with Crippen molar-refractivity contribution in [3.8, 4) is 0 Å². The first kappa shape index (κ1) is 15.0. The number of rotatable bonds is 5. The molecule has 2 heterocycles. The number of methoxy groups -OCH3 is 1. The minimum absolute atomic E-state index is 0.206. The number of anilines is 1. The first-order valence-electron chi connectivity index (χ1n) is 6.34. The molecule has 1 N–H and O–H groups in total. The highest BCUT2D eigenvalue weighted by molar-refractivity contribution is 7.13. The van der Waals surface area contributed by atoms with Crippen LogP contribution in [0.1, 0.15) is 34.0 Å². The Morgan fingerprint density at radius 3 is 2.85 bits per heavy atom. The van der Waals surface area contributed by atoms with Crippen LogP contribution in [0.25, 0.3) is 0 Å². The van der Waals surface area contributed by atoms with Crippen LogP contribution in [-0.4, -0.2) is 18.1 Å². The lowest BCUT2D eigenvalue weighted by atomic mass is 10.1. The molecule has 2 rings (SSSR count). The summed E-state index contributed by atoms with van der Waals surface area (Å²) in [6, 6.07) is 2.41. The van der Waals surface area contributed by atoms with Crippen LogP contribution in [0.15, 0.2) is 11.4 Å². The van der Waals surface area contributed by atoms with Crippen molar-refractivity contribution in [3.05, 3.63) is 32.5 Å². The topological polar surface area (TPSA) is 51.2 Å². The zero-order valence-electron chi connectivity index (χ0n) is 12.0. The van der Waals surface area contributed by atoms with E-state index in [4.69, 9.17) is 0 Å². The van der Waals surface area contributed by atoms with Crippen LogP contribution >= 0.6 is 22.7 Å². The van der Waals surface area contributed by atoms with Crippen molar-refractivity contribution >= 4 is 33.8 Å². The third kappa shape index (κ3) is 3.58. The largest absolute Gasteiger partial charge is 0.469 e. The Bertz CT molecular complexity index is 604. The van der Waals surface area contributed by atoms with Crippen LogP contribution in [0.2, 0.25) is 0 Å². The Balaban J connectivity index is 2.03. The van der Waals surface area contributed by atoms with E-state index >= 15 is 0 Å². The molecule has 20 heavy (non-hydrogen) atoms. The van der Waals surface area contributed by atoms with Gasteiger partial charge in [-0.25, -0.2) is 4.98 Å². The molecule has 1 unspecified atom stereocenters. The van der Waals surface area contributed by atoms with Crippen molar-refractivity contribution in [2.45, 2.75) is 33.2 Å². The van der Waals surface area contributed by atoms with Gasteiger partial charge in [0.25, 0.3) is 0 Å². The summed E-state index contributed by atoms with van der Waals surface area (Å²) in [5.41, 5.74) is 2.05. The Hall–Kier alpha value is -1.40. The number of thiazole rings is 1. The lowest BCUT2D eigenvalue weighted by Gasteiger charge is -2.12. The molecule has 0 aromatic carbocycles. The second kappa shape index (κ2) is 6.37. The molecular formula is C14H18N2O2S2. The van der Waals surface area contributed by atoms with Gasteiger partial charge in [0.15, 0.2) is 5.13 Å². The van der Waals surface area contributed by atoms with Gasteiger partial charge >= 0.3 is 5.97 Å². The monoisotopic (exact) mass is 310 g/mol. The summed E-state index contributed by atoms with van der Waals surface area (Å²) in [7, 11) is 1.39. The van der Waals surface area contributed by atoms with Crippen molar-refractivity contribution in [2.75, 3.05) is 12.4 Å². The first-order chi connectivity index (χ1) is 9.49. The number of ether oxygens (including phenoxy) is 1. The predicted molar refractivity (Wildman–Crippen MR) is 83.7 cm³/mol. The summed E-state index contributed by atoms with van der Waals surface area (Å²) in [4.78, 5) is 18.3. The number of carbonyl (C=O) groups excluding carboxylic acids is 1. The molecular weight excluding hydrogens is 292 g/mol. The molecule has 0 spiro atoms. The summed E-state index contributed by atoms with van der Waals surface area (Å²) in [6.07, 6.45) is 0.222. The van der Waals surface area contributed by atoms with Gasteiger partial charge in [-0.1, -0.05) is 0 Å². The molecule has 1 atom stereocenters. The molecule has 0 aliphatic rings. The van der Waals surface area contributed by atoms with Crippen molar-refractivity contribution in [1.82, 2.24) is 4.98 Å². The fraction of sp³-hybridized carbons (Fsp3) is 0.429. The van der Waals surface area contributed by atoms with E-state index in [2.05, 4.69) is 41.9 Å². The van der Waals surface area contributed by atoms with Crippen LogP contribution in [0.3, 0.4) is 0 Å². The molecule has 0 saturated carbocycles. The van der Waals surface area contributed by atoms with Gasteiger partial charge < -0.3 is 10.1 Å². The van der Waals surface area contributed by atoms with Crippen molar-refractivity contribution in [1.29, 1.82) is 0 Å². The Labute approximate surface area is 126 Å². The van der Waals surface area contributed by atoms with E-state index in [1.165, 1.54) is 33.8 Å². The van der Waals surface area contributed by atoms with Crippen molar-refractivity contribution < 1.29 is 9.53 Å². The van der Waals surface area contributed by atoms with Crippen LogP contribution in [0.5, 0.6) is 0 Å². The fourth-order valence-corrected chi connectivity index (χ4v) is 3.84. The quantitative estimate of drug-likeness (QED) is 0.855. The number of hydrogen-bond donors (Lipinski definition) is 1. The summed E-state index contributed by atoms with van der Waals surface area (Å²) in [5, 5.41) is 6.11. The summed E-state index contributed by atoms with van der Waals surface area (Å²) >= 11 is 3.32. The van der Waals surface area contributed by atoms with Gasteiger partial charge in [0.2, 0.25) is 0 Å². The van der Waals surface area contributed by atoms with Crippen LogP contribution < -0.4 is 5.32 Å². The van der Waals surface area contributed by atoms with Gasteiger partial charge in [-0.2, -0.15) is 0 Å². The lowest BCUT2D eigenvalue weighted by molar-refractivity contribution is -0.139. The molecule has 0 fully saturated rings. The summed E-state index contributed by atoms with van der Waals surface area (Å²) in [5.74, 6) is -0.265. The Morgan fingerprint density at radius 2 is 2.25 bits per heavy atom. The van der Waals surface area contributed by atoms with E-state index in [9.17, 15) is 4.79 Å². The smallest absolute Gasteiger partial charge is 0.311 e. The summed E-state index contributed by atoms with van der Waals surface area (Å²) < 4.78 is 4.64. The maximum atomic E-state index is 11.2. The van der Waals surface area contributed by atoms with E-state index in [1.54, 1.807) is 11.3 Å². The highest BCUT2D eigenvalue weighted by Crippen LogP contribution is 2.29. The van der Waals surface area contributed by atoms with E-state index in [0.29, 0.717) is 0 Å². The first-order valence-corrected chi connectivity index (χ1v) is 8.04. The molecule has 0 aliphatic heterocycles. The SMILES string of the molecule is COC(=O)Cc1csc(NC(C)c2cc(C)sc2C)n1. The maximum Gasteiger partial charge on any atom is 0.311 e. The lowest BCUT2D eigenvalue weighted by Crippen LogP contribution is -2.07. The minimum atomic E-state index is -0.265. The molecule has 2 aromatic heterocycles. The highest BCUT2D eigenvalue weighted by Gasteiger charge is 2.13. The van der Waals surface area contributed by atoms with Crippen molar-refractivity contribution in [2.24, 2.45) is 0 Å². The zero-order valence-corrected chi connectivity index (χ0v) is 13.7. The number of aryl methyl sites for hydroxylation is 2. The van der Waals surface area contributed by atoms with Gasteiger partial charge in [0, 0.05) is 15.1 Å². The van der Waals surface area contributed by atoms with Crippen molar-refractivity contribution in [3.63, 3.8) is 0 Å². The molecule has 0 saturated heterocycles. The molecule has 108 valence electrons. The summed E-state index contributed by atoms with van der Waals surface area (Å²) in [6.45, 7) is 6.37. The van der Waals surface area contributed by atoms with Gasteiger partial charge in [-0.3, -0.25) is 4.79 Å². The average molecular weight is 310 g/mol. The second-order valence-corrected chi connectivity index (χ2v) is 6.95. The number of thiophene rings is 1. The van der Waals surface area contributed by atoms with E-state index in [-0.39, 0.29) is 18.4 Å². The average Bonchev–Trinajstić information content (AvgIpc) is 2.95. The standard InChI is InChI=1S/C14H18N2O2S2/c1-8-5-12(10(3)20-8)9(2)15-14-16-11(7-19-14)6-13(17)18-4/h5,7,9H,6H2,1-4H3,(H,15,16). The van der Waals surface area contributed by atoms with Crippen LogP contribution in [0.4, 0.5) is 5.13 Å². The number of nitrogens with one attached hydrogen (secondary N) is 1. The normalized spacial score (nSPS) is 12.2. The third-order valence-electron chi connectivity index (χ3n) is 2.99. The Morgan fingerprint density at radius 1 is 1.50 bits per heavy atom. The van der Waals surface area contributed by atoms with Gasteiger partial charge in [0.05, 0.1) is 25.3 Å². The van der Waals surface area contributed by atoms with Gasteiger partial charge in [-0.05, 0) is 32.4 Å². The fourth-order valence-electron chi connectivity index (χ4n) is 2.02. The third-order valence-corrected chi connectivity index (χ3v) is 4.79. The van der Waals surface area contributed by atoms with E-state index in [1.807, 2.05) is 5.38 Å². The molecule has 0 aliphatic carbocycles. The molecule has 0 radical (unpaired) electrons. The highest BCUT2D eigenvalue weighted by atomic mass is 32.1. The van der Waals surface area contributed by atoms with E-state index < -0.39 is 0 Å². The number of hydrogen-bond acceptors (Lipinski definition) is 6. The minimum Gasteiger partial charge on any atom is -0.469 e. The number of esters is 1. The molecule has 0 bridgehead atoms. The van der Waals surface area contributed by atoms with Crippen LogP contribution in [0, 0.1) is 13.8 Å². The maximum absolute atomic E-state index is 11.2. The van der Waals surface area contributed by atoms with Gasteiger partial charge in [0.1, 0.15) is 0 Å². The Kier molecular flexibility index (Phi) is 4.77. The van der Waals surface area contributed by atoms with Crippen LogP contribution in [-0.2, 0) is 16.0 Å².